The van der Waals surface area contributed by atoms with Crippen LogP contribution in [0.15, 0.2) is 112 Å². The summed E-state index contributed by atoms with van der Waals surface area (Å²) >= 11 is 0. The Morgan fingerprint density at radius 3 is 1.84 bits per heavy atom. The predicted molar refractivity (Wildman–Crippen MR) is 153 cm³/mol. The quantitative estimate of drug-likeness (QED) is 0.239. The van der Waals surface area contributed by atoms with Gasteiger partial charge in [-0.15, -0.1) is 0 Å². The van der Waals surface area contributed by atoms with Crippen LogP contribution in [-0.4, -0.2) is 22.1 Å². The van der Waals surface area contributed by atoms with E-state index in [2.05, 4.69) is 74.2 Å². The second-order valence-corrected chi connectivity index (χ2v) is 10.9. The van der Waals surface area contributed by atoms with Crippen LogP contribution in [0.5, 0.6) is 0 Å². The molecule has 4 nitrogen and oxygen atoms in total. The van der Waals surface area contributed by atoms with Crippen LogP contribution in [0.25, 0.3) is 11.1 Å². The maximum Gasteiger partial charge on any atom is 0.421 e. The Labute approximate surface area is 224 Å². The van der Waals surface area contributed by atoms with Gasteiger partial charge in [-0.3, -0.25) is 9.47 Å². The molecule has 2 heterocycles. The Morgan fingerprint density at radius 2 is 1.34 bits per heavy atom. The molecule has 192 valence electrons. The van der Waals surface area contributed by atoms with Crippen LogP contribution >= 0.6 is 0 Å². The van der Waals surface area contributed by atoms with Crippen LogP contribution < -0.4 is 5.76 Å². The monoisotopic (exact) mass is 502 g/mol. The van der Waals surface area contributed by atoms with E-state index in [0.29, 0.717) is 12.0 Å². The van der Waals surface area contributed by atoms with Crippen molar-refractivity contribution in [2.45, 2.75) is 45.3 Å². The molecule has 0 saturated carbocycles. The first-order chi connectivity index (χ1) is 18.5. The fourth-order valence-corrected chi connectivity index (χ4v) is 6.31. The Hall–Kier alpha value is -3.89. The lowest BCUT2D eigenvalue weighted by molar-refractivity contribution is 0.164. The molecule has 6 rings (SSSR count). The van der Waals surface area contributed by atoms with Gasteiger partial charge in [-0.1, -0.05) is 111 Å². The molecule has 5 aromatic rings. The second-order valence-electron chi connectivity index (χ2n) is 10.9. The van der Waals surface area contributed by atoms with Crippen LogP contribution in [0.3, 0.4) is 0 Å². The van der Waals surface area contributed by atoms with Gasteiger partial charge in [-0.2, -0.15) is 0 Å². The van der Waals surface area contributed by atoms with Gasteiger partial charge in [0, 0.05) is 24.7 Å². The van der Waals surface area contributed by atoms with Gasteiger partial charge in [0.1, 0.15) is 5.54 Å². The van der Waals surface area contributed by atoms with Crippen molar-refractivity contribution in [2.24, 2.45) is 5.92 Å². The molecule has 0 aliphatic carbocycles. The molecule has 1 aliphatic heterocycles. The molecule has 1 aliphatic rings. The molecule has 0 amide bonds. The molecule has 0 bridgehead atoms. The van der Waals surface area contributed by atoms with Crippen molar-refractivity contribution in [2.75, 3.05) is 6.54 Å². The van der Waals surface area contributed by atoms with Crippen LogP contribution in [-0.2, 0) is 18.5 Å². The highest BCUT2D eigenvalue weighted by Crippen LogP contribution is 2.42. The molecule has 1 aromatic heterocycles. The van der Waals surface area contributed by atoms with Crippen molar-refractivity contribution in [1.29, 1.82) is 0 Å². The van der Waals surface area contributed by atoms with Gasteiger partial charge < -0.3 is 4.42 Å². The summed E-state index contributed by atoms with van der Waals surface area (Å²) in [4.78, 5) is 16.6. The van der Waals surface area contributed by atoms with E-state index >= 15 is 0 Å². The fourth-order valence-electron chi connectivity index (χ4n) is 6.31. The fraction of sp³-hybridized carbons (Fsp3) is 0.265. The molecular formula is C34H34N2O2. The molecule has 0 fully saturated rings. The molecule has 4 heteroatoms. The highest BCUT2D eigenvalue weighted by molar-refractivity contribution is 5.80. The molecule has 4 aromatic carbocycles. The lowest BCUT2D eigenvalue weighted by Gasteiger charge is -2.37. The molecule has 38 heavy (non-hydrogen) atoms. The van der Waals surface area contributed by atoms with Crippen LogP contribution in [0.4, 0.5) is 0 Å². The van der Waals surface area contributed by atoms with Crippen LogP contribution in [0, 0.1) is 5.92 Å². The minimum absolute atomic E-state index is 0.345. The van der Waals surface area contributed by atoms with Gasteiger partial charge in [0.25, 0.3) is 0 Å². The average molecular weight is 503 g/mol. The largest absolute Gasteiger partial charge is 0.421 e. The highest BCUT2D eigenvalue weighted by Gasteiger charge is 2.42. The first-order valence-corrected chi connectivity index (χ1v) is 13.6. The summed E-state index contributed by atoms with van der Waals surface area (Å²) in [6, 6.07) is 35.6. The first kappa shape index (κ1) is 24.4. The summed E-state index contributed by atoms with van der Waals surface area (Å²) < 4.78 is 8.10. The summed E-state index contributed by atoms with van der Waals surface area (Å²) in [5.41, 5.74) is 6.09. The van der Waals surface area contributed by atoms with E-state index in [9.17, 15) is 4.79 Å². The highest BCUT2D eigenvalue weighted by atomic mass is 16.4. The Balaban J connectivity index is 1.66. The zero-order valence-corrected chi connectivity index (χ0v) is 22.3. The SMILES string of the molecule is CC(C)CN1Cc2ccc3c(oc(=O)n3C(c3ccccc3)(c3ccccc3)c3ccccc3)c2CC1C. The predicted octanol–water partition coefficient (Wildman–Crippen LogP) is 6.84. The zero-order valence-electron chi connectivity index (χ0n) is 22.3. The molecule has 0 saturated heterocycles. The van der Waals surface area contributed by atoms with E-state index in [0.717, 1.165) is 52.9 Å². The maximum absolute atomic E-state index is 14.1. The third-order valence-electron chi connectivity index (χ3n) is 7.96. The summed E-state index contributed by atoms with van der Waals surface area (Å²) in [6.07, 6.45) is 0.862. The van der Waals surface area contributed by atoms with Crippen molar-refractivity contribution >= 4 is 11.1 Å². The summed E-state index contributed by atoms with van der Waals surface area (Å²) in [5, 5.41) is 0. The van der Waals surface area contributed by atoms with Crippen LogP contribution in [0.2, 0.25) is 0 Å². The van der Waals surface area contributed by atoms with E-state index in [1.54, 1.807) is 0 Å². The lowest BCUT2D eigenvalue weighted by atomic mass is 9.76. The second kappa shape index (κ2) is 9.77. The number of nitrogens with zero attached hydrogens (tertiary/aromatic N) is 2. The molecule has 0 N–H and O–H groups in total. The van der Waals surface area contributed by atoms with E-state index in [1.807, 2.05) is 59.2 Å². The standard InChI is InChI=1S/C34H34N2O2/c1-24(2)22-35-23-26-19-20-31-32(30(26)21-25(35)3)38-33(37)36(31)34(27-13-7-4-8-14-27,28-15-9-5-10-16-28)29-17-11-6-12-18-29/h4-20,24-25H,21-23H2,1-3H3. The molecular weight excluding hydrogens is 468 g/mol. The number of rotatable bonds is 6. The van der Waals surface area contributed by atoms with Gasteiger partial charge in [0.15, 0.2) is 5.58 Å². The van der Waals surface area contributed by atoms with Crippen molar-refractivity contribution in [3.8, 4) is 0 Å². The summed E-state index contributed by atoms with van der Waals surface area (Å²) in [7, 11) is 0. The van der Waals surface area contributed by atoms with Crippen molar-refractivity contribution in [3.63, 3.8) is 0 Å². The van der Waals surface area contributed by atoms with Crippen molar-refractivity contribution < 1.29 is 4.42 Å². The van der Waals surface area contributed by atoms with Crippen molar-refractivity contribution in [3.05, 3.63) is 141 Å². The van der Waals surface area contributed by atoms with Gasteiger partial charge in [0.05, 0.1) is 5.52 Å². The normalized spacial score (nSPS) is 16.2. The summed E-state index contributed by atoms with van der Waals surface area (Å²) in [5.74, 6) is 0.257. The zero-order chi connectivity index (χ0) is 26.3. The van der Waals surface area contributed by atoms with Gasteiger partial charge in [-0.05, 0) is 47.6 Å². The third-order valence-corrected chi connectivity index (χ3v) is 7.96. The van der Waals surface area contributed by atoms with Gasteiger partial charge in [0.2, 0.25) is 0 Å². The topological polar surface area (TPSA) is 38.4 Å². The van der Waals surface area contributed by atoms with E-state index in [-0.39, 0.29) is 5.76 Å². The first-order valence-electron chi connectivity index (χ1n) is 13.6. The number of fused-ring (bicyclic) bond motifs is 3. The minimum atomic E-state index is -0.899. The van der Waals surface area contributed by atoms with Gasteiger partial charge >= 0.3 is 5.76 Å². The van der Waals surface area contributed by atoms with Crippen LogP contribution in [0.1, 0.15) is 48.6 Å². The Morgan fingerprint density at radius 1 is 0.816 bits per heavy atom. The minimum Gasteiger partial charge on any atom is -0.407 e. The van der Waals surface area contributed by atoms with E-state index < -0.39 is 5.54 Å². The number of oxazole rings is 1. The molecule has 1 unspecified atom stereocenters. The summed E-state index contributed by atoms with van der Waals surface area (Å²) in [6.45, 7) is 8.74. The Bertz CT molecular complexity index is 1500. The van der Waals surface area contributed by atoms with Crippen molar-refractivity contribution in [1.82, 2.24) is 9.47 Å². The van der Waals surface area contributed by atoms with E-state index in [1.165, 1.54) is 5.56 Å². The lowest BCUT2D eigenvalue weighted by Crippen LogP contribution is -2.42. The number of benzene rings is 4. The average Bonchev–Trinajstić information content (AvgIpc) is 3.28. The smallest absolute Gasteiger partial charge is 0.407 e. The van der Waals surface area contributed by atoms with Gasteiger partial charge in [-0.25, -0.2) is 4.79 Å². The number of hydrogen-bond acceptors (Lipinski definition) is 3. The molecule has 0 spiro atoms. The third kappa shape index (κ3) is 3.91. The molecule has 1 atom stereocenters. The number of aromatic nitrogens is 1. The molecule has 0 radical (unpaired) electrons. The maximum atomic E-state index is 14.1. The Kier molecular flexibility index (Phi) is 6.29. The number of hydrogen-bond donors (Lipinski definition) is 0. The van der Waals surface area contributed by atoms with E-state index in [4.69, 9.17) is 4.42 Å².